The van der Waals surface area contributed by atoms with E-state index in [1.54, 1.807) is 0 Å². The van der Waals surface area contributed by atoms with Crippen molar-refractivity contribution in [2.75, 3.05) is 27.6 Å². The number of azo groups is 1. The zero-order valence-electron chi connectivity index (χ0n) is 38.3. The van der Waals surface area contributed by atoms with Crippen molar-refractivity contribution in [3.05, 3.63) is 141 Å². The van der Waals surface area contributed by atoms with E-state index in [0.29, 0.717) is 0 Å². The van der Waals surface area contributed by atoms with Crippen molar-refractivity contribution in [2.24, 2.45) is 20.4 Å². The van der Waals surface area contributed by atoms with E-state index in [9.17, 15) is 61.5 Å². The molecule has 6 aromatic carbocycles. The number of fused-ring (bicyclic) bond motifs is 3. The van der Waals surface area contributed by atoms with Crippen LogP contribution in [0.15, 0.2) is 149 Å². The maximum atomic E-state index is 13.4. The van der Waals surface area contributed by atoms with Gasteiger partial charge in [-0.3, -0.25) is 20.4 Å². The molecule has 31 heteroatoms. The minimum atomic E-state index is -5.28. The Morgan fingerprint density at radius 3 is 1.48 bits per heavy atom. The first-order valence-corrected chi connectivity index (χ1v) is 24.8. The first kappa shape index (κ1) is 61.5. The third-order valence-electron chi connectivity index (χ3n) is 10.2. The van der Waals surface area contributed by atoms with Crippen molar-refractivity contribution in [3.8, 4) is 0 Å². The van der Waals surface area contributed by atoms with Crippen LogP contribution in [0.3, 0.4) is 0 Å². The molecular weight excluding hydrogens is 1070 g/mol. The van der Waals surface area contributed by atoms with Gasteiger partial charge in [-0.1, -0.05) is 6.07 Å². The number of Topliss-reactive ketones (excluding diaryl/α,β-unsaturated/α-hetero) is 2. The number of nitrogens with zero attached hydrogens (tertiary/aromatic N) is 4. The fraction of sp³-hybridized carbons (Fsp3) is 0. The Kier molecular flexibility index (Phi) is 20.1. The van der Waals surface area contributed by atoms with Crippen molar-refractivity contribution in [3.63, 3.8) is 0 Å². The summed E-state index contributed by atoms with van der Waals surface area (Å²) in [5, 5.41) is 18.7. The predicted octanol–water partition coefficient (Wildman–Crippen LogP) is -6.91. The van der Waals surface area contributed by atoms with Crippen molar-refractivity contribution in [1.29, 1.82) is 0 Å². The minimum Gasteiger partial charge on any atom is -0.744 e. The molecule has 0 spiro atoms. The van der Waals surface area contributed by atoms with E-state index >= 15 is 0 Å². The molecule has 2 aliphatic carbocycles. The van der Waals surface area contributed by atoms with Crippen LogP contribution in [0.1, 0.15) is 31.8 Å². The molecule has 0 bridgehead atoms. The minimum absolute atomic E-state index is 0. The number of hydrogen-bond donors (Lipinski definition) is 5. The molecule has 8 rings (SSSR count). The van der Waals surface area contributed by atoms with E-state index in [4.69, 9.17) is 11.5 Å². The molecule has 0 amide bonds. The second-order valence-electron chi connectivity index (χ2n) is 14.8. The summed E-state index contributed by atoms with van der Waals surface area (Å²) < 4.78 is 146. The van der Waals surface area contributed by atoms with Gasteiger partial charge < -0.3 is 35.0 Å². The number of benzene rings is 6. The Morgan fingerprint density at radius 1 is 0.466 bits per heavy atom. The molecular formula is C42H27N9Na4O14S4. The molecule has 2 aliphatic rings. The van der Waals surface area contributed by atoms with Gasteiger partial charge in [0.05, 0.1) is 48.0 Å². The van der Waals surface area contributed by atoms with Gasteiger partial charge in [0.2, 0.25) is 11.6 Å². The number of rotatable bonds is 12. The summed E-state index contributed by atoms with van der Waals surface area (Å²) in [7, 11) is -20.7. The molecule has 0 fully saturated rings. The number of allylic oxidation sites excluding steroid dienone is 2. The Balaban J connectivity index is 0.00000289. The SMILES string of the molecule is Nc1ccc2c(c1)C=C(S(=O)(=O)[O-])/C(=N\Nc1ccc(Nc3ccc(N=Nc4ccc(N/N=C5/C(=O)c6ccc(N)cc6C=C5S(=O)(=O)[O-])c5ccc(S(=O)(=O)[O-])cc45)cc3S(=O)(=O)[O-])cc1)C2=O.[Na+].[Na+].[Na+].[Na+]. The normalized spacial score (nSPS) is 14.6. The summed E-state index contributed by atoms with van der Waals surface area (Å²) in [5.41, 5.74) is 15.6. The molecule has 0 heterocycles. The molecule has 352 valence electrons. The van der Waals surface area contributed by atoms with Gasteiger partial charge in [0.25, 0.3) is 0 Å². The maximum Gasteiger partial charge on any atom is 1.00 e. The van der Waals surface area contributed by atoms with Gasteiger partial charge in [0, 0.05) is 39.0 Å². The number of carbonyl (C=O) groups is 2. The van der Waals surface area contributed by atoms with Crippen LogP contribution in [0.2, 0.25) is 0 Å². The van der Waals surface area contributed by atoms with Crippen molar-refractivity contribution >= 4 is 132 Å². The van der Waals surface area contributed by atoms with Gasteiger partial charge in [-0.05, 0) is 126 Å². The third kappa shape index (κ3) is 13.9. The van der Waals surface area contributed by atoms with Gasteiger partial charge in [-0.2, -0.15) is 15.3 Å². The Bertz CT molecular complexity index is 3900. The number of nitrogens with two attached hydrogens (primary N) is 2. The Morgan fingerprint density at radius 2 is 0.973 bits per heavy atom. The number of nitrogen functional groups attached to an aromatic ring is 2. The first-order chi connectivity index (χ1) is 32.3. The Hall–Kier alpha value is -4.02. The van der Waals surface area contributed by atoms with Crippen molar-refractivity contribution in [2.45, 2.75) is 9.79 Å². The quantitative estimate of drug-likeness (QED) is 0.0250. The van der Waals surface area contributed by atoms with E-state index in [1.165, 1.54) is 91.0 Å². The summed E-state index contributed by atoms with van der Waals surface area (Å²) in [5.74, 6) is -1.80. The molecule has 0 unspecified atom stereocenters. The maximum absolute atomic E-state index is 13.4. The Labute approximate surface area is 504 Å². The number of hydrazone groups is 2. The van der Waals surface area contributed by atoms with Gasteiger partial charge in [-0.15, -0.1) is 5.11 Å². The van der Waals surface area contributed by atoms with E-state index in [1.807, 2.05) is 0 Å². The van der Waals surface area contributed by atoms with E-state index < -0.39 is 83.1 Å². The van der Waals surface area contributed by atoms with Gasteiger partial charge >= 0.3 is 118 Å². The van der Waals surface area contributed by atoms with Crippen LogP contribution in [0.4, 0.5) is 45.5 Å². The second-order valence-corrected chi connectivity index (χ2v) is 20.2. The summed E-state index contributed by atoms with van der Waals surface area (Å²) in [4.78, 5) is 23.2. The fourth-order valence-electron chi connectivity index (χ4n) is 6.97. The molecule has 23 nitrogen and oxygen atoms in total. The van der Waals surface area contributed by atoms with E-state index in [-0.39, 0.29) is 197 Å². The van der Waals surface area contributed by atoms with Crippen LogP contribution in [-0.2, 0) is 40.5 Å². The summed E-state index contributed by atoms with van der Waals surface area (Å²) in [6.45, 7) is 0. The molecule has 7 N–H and O–H groups in total. The molecule has 0 atom stereocenters. The summed E-state index contributed by atoms with van der Waals surface area (Å²) in [6, 6.07) is 22.6. The van der Waals surface area contributed by atoms with E-state index in [2.05, 4.69) is 36.6 Å². The largest absolute Gasteiger partial charge is 1.00 e. The van der Waals surface area contributed by atoms with Crippen molar-refractivity contribution in [1.82, 2.24) is 0 Å². The average molecular weight is 1100 g/mol. The van der Waals surface area contributed by atoms with Gasteiger partial charge in [-0.25, -0.2) is 33.7 Å². The second kappa shape index (κ2) is 23.9. The van der Waals surface area contributed by atoms with Crippen LogP contribution >= 0.6 is 0 Å². The molecule has 0 aliphatic heterocycles. The molecule has 0 saturated heterocycles. The van der Waals surface area contributed by atoms with Crippen molar-refractivity contribution < 1.29 is 180 Å². The van der Waals surface area contributed by atoms with Crippen LogP contribution in [0, 0.1) is 0 Å². The molecule has 0 aromatic heterocycles. The monoisotopic (exact) mass is 1100 g/mol. The zero-order valence-corrected chi connectivity index (χ0v) is 49.6. The van der Waals surface area contributed by atoms with Crippen LogP contribution in [0.25, 0.3) is 22.9 Å². The molecule has 0 radical (unpaired) electrons. The first-order valence-electron chi connectivity index (χ1n) is 19.2. The topological polar surface area (TPSA) is 401 Å². The van der Waals surface area contributed by atoms with Crippen LogP contribution in [-0.4, -0.2) is 74.9 Å². The smallest absolute Gasteiger partial charge is 0.744 e. The number of carbonyl (C=O) groups excluding carboxylic acids is 2. The number of ketones is 2. The third-order valence-corrected chi connectivity index (χ3v) is 13.6. The number of anilines is 6. The molecule has 6 aromatic rings. The van der Waals surface area contributed by atoms with Crippen LogP contribution in [0.5, 0.6) is 0 Å². The molecule has 0 saturated carbocycles. The van der Waals surface area contributed by atoms with Gasteiger partial charge in [0.15, 0.2) is 0 Å². The fourth-order valence-corrected chi connectivity index (χ4v) is 9.42. The van der Waals surface area contributed by atoms with Crippen LogP contribution < -0.4 is 146 Å². The van der Waals surface area contributed by atoms with E-state index in [0.717, 1.165) is 30.4 Å². The average Bonchev–Trinajstić information content (AvgIpc) is 3.27. The van der Waals surface area contributed by atoms with Gasteiger partial charge in [0.1, 0.15) is 51.9 Å². The zero-order chi connectivity index (χ0) is 49.8. The summed E-state index contributed by atoms with van der Waals surface area (Å²) >= 11 is 0. The summed E-state index contributed by atoms with van der Waals surface area (Å²) in [6.07, 6.45) is 1.92. The molecule has 73 heavy (non-hydrogen) atoms. The number of nitrogens with one attached hydrogen (secondary N) is 3. The number of hydrogen-bond acceptors (Lipinski definition) is 23. The predicted molar refractivity (Wildman–Crippen MR) is 248 cm³/mol. The standard InChI is InChI=1S/C42H31N9O14S4.4Na/c43-23-1-9-29-21(15-23)17-37(68(60,61)62)39(41(29)52)50-46-26-5-3-25(4-6-26)45-35-12-7-27(19-36(35)67(57,58)59)47-48-34-14-13-33(31-11-8-28(20-32(31)34)66(54,55)56)49-51-40-38(69(63,64)65)18-22-16-24(44)2-10-30(22)42(40)53;;;;/h1-20,45-46,49H,43-44H2,(H,54,55,56)(H,57,58,59)(H,60,61,62)(H,63,64,65);;;;/q;4*+1/p-4/b48-47?,50-39+,51-40+;;;;.